The molecule has 0 aliphatic rings. The van der Waals surface area contributed by atoms with Gasteiger partial charge in [0, 0.05) is 5.56 Å². The van der Waals surface area contributed by atoms with E-state index in [1.807, 2.05) is 0 Å². The zero-order chi connectivity index (χ0) is 13.7. The number of rotatable bonds is 2. The quantitative estimate of drug-likeness (QED) is 0.376. The van der Waals surface area contributed by atoms with Crippen LogP contribution in [0, 0.1) is 11.8 Å². The van der Waals surface area contributed by atoms with Crippen molar-refractivity contribution >= 4 is 28.3 Å². The van der Waals surface area contributed by atoms with Crippen LogP contribution in [0.25, 0.3) is 0 Å². The fourth-order valence-electron chi connectivity index (χ4n) is 1.20. The van der Waals surface area contributed by atoms with E-state index in [2.05, 4.69) is 11.8 Å². The van der Waals surface area contributed by atoms with E-state index < -0.39 is 17.1 Å². The first kappa shape index (κ1) is 14.8. The topological polar surface area (TPSA) is 60.8 Å². The van der Waals surface area contributed by atoms with E-state index in [1.165, 1.54) is 6.07 Å². The van der Waals surface area contributed by atoms with E-state index in [0.29, 0.717) is 15.4 Å². The molecule has 4 nitrogen and oxygen atoms in total. The highest BCUT2D eigenvalue weighted by Crippen LogP contribution is 2.07. The molecule has 96 valence electrons. The highest BCUT2D eigenvalue weighted by Gasteiger charge is 2.07. The highest BCUT2D eigenvalue weighted by atomic mass is 32.2. The summed E-state index contributed by atoms with van der Waals surface area (Å²) in [5.74, 6) is 5.62. The molecule has 0 bridgehead atoms. The number of hydroxylamine groups is 2. The van der Waals surface area contributed by atoms with Gasteiger partial charge in [0.2, 0.25) is 0 Å². The minimum atomic E-state index is -2.02. The Morgan fingerprint density at radius 3 is 2.78 bits per heavy atom. The Kier molecular flexibility index (Phi) is 5.44. The third-order valence-corrected chi connectivity index (χ3v) is 2.99. The zero-order valence-electron chi connectivity index (χ0n) is 9.95. The monoisotopic (exact) mass is 283 g/mol. The molecule has 6 heteroatoms. The molecule has 0 saturated carbocycles. The van der Waals surface area contributed by atoms with Gasteiger partial charge in [-0.2, -0.15) is 0 Å². The van der Waals surface area contributed by atoms with E-state index in [0.717, 1.165) is 5.06 Å². The van der Waals surface area contributed by atoms with Crippen molar-refractivity contribution in [1.82, 2.24) is 5.06 Å². The van der Waals surface area contributed by atoms with E-state index in [9.17, 15) is 9.42 Å². The lowest BCUT2D eigenvalue weighted by Crippen LogP contribution is -2.31. The smallest absolute Gasteiger partial charge is 0.186 e. The summed E-state index contributed by atoms with van der Waals surface area (Å²) in [6, 6.07) is 6.01. The molecule has 0 amide bonds. The maximum Gasteiger partial charge on any atom is 0.186 e. The van der Waals surface area contributed by atoms with Crippen LogP contribution in [-0.2, 0) is 11.1 Å². The van der Waals surface area contributed by atoms with Crippen LogP contribution < -0.4 is 0 Å². The van der Waals surface area contributed by atoms with Crippen LogP contribution >= 0.6 is 12.2 Å². The minimum Gasteiger partial charge on any atom is -0.302 e. The summed E-state index contributed by atoms with van der Waals surface area (Å²) in [7, 11) is 0. The molecule has 1 aromatic carbocycles. The van der Waals surface area contributed by atoms with Crippen LogP contribution in [0.2, 0.25) is 0 Å². The Bertz CT molecular complexity index is 534. The number of hydrogen-bond acceptors (Lipinski definition) is 3. The van der Waals surface area contributed by atoms with Gasteiger partial charge in [0.05, 0.1) is 4.90 Å². The fourth-order valence-corrected chi connectivity index (χ4v) is 1.78. The van der Waals surface area contributed by atoms with Crippen LogP contribution in [0.1, 0.15) is 19.4 Å². The second-order valence-electron chi connectivity index (χ2n) is 3.59. The Morgan fingerprint density at radius 1 is 1.56 bits per heavy atom. The maximum absolute atomic E-state index is 10.9. The molecular weight excluding hydrogens is 270 g/mol. The van der Waals surface area contributed by atoms with Gasteiger partial charge < -0.3 is 4.55 Å². The summed E-state index contributed by atoms with van der Waals surface area (Å²) in [6.07, 6.45) is 0. The maximum atomic E-state index is 10.9. The van der Waals surface area contributed by atoms with Crippen molar-refractivity contribution in [3.63, 3.8) is 0 Å². The molecule has 0 fully saturated rings. The summed E-state index contributed by atoms with van der Waals surface area (Å²) < 4.78 is 19.8. The molecule has 1 rings (SSSR count). The number of hydrogen-bond donors (Lipinski definition) is 2. The largest absolute Gasteiger partial charge is 0.302 e. The van der Waals surface area contributed by atoms with Gasteiger partial charge in [0.25, 0.3) is 0 Å². The van der Waals surface area contributed by atoms with Gasteiger partial charge in [-0.3, -0.25) is 5.21 Å². The van der Waals surface area contributed by atoms with Crippen molar-refractivity contribution in [1.29, 1.82) is 0 Å². The van der Waals surface area contributed by atoms with E-state index in [-0.39, 0.29) is 0 Å². The van der Waals surface area contributed by atoms with Crippen molar-refractivity contribution < 1.29 is 14.0 Å². The first-order valence-electron chi connectivity index (χ1n) is 5.13. The Morgan fingerprint density at radius 2 is 2.22 bits per heavy atom. The molecule has 0 heterocycles. The van der Waals surface area contributed by atoms with Gasteiger partial charge in [0.1, 0.15) is 11.0 Å². The average Bonchev–Trinajstić information content (AvgIpc) is 2.35. The summed E-state index contributed by atoms with van der Waals surface area (Å²) in [5.41, 5.74) is 0.608. The first-order valence-corrected chi connectivity index (χ1v) is 6.64. The molecule has 2 atom stereocenters. The normalized spacial score (nSPS) is 13.1. The average molecular weight is 283 g/mol. The van der Waals surface area contributed by atoms with Gasteiger partial charge in [-0.1, -0.05) is 30.1 Å². The Balaban J connectivity index is 2.88. The Hall–Kier alpha value is -1.26. The van der Waals surface area contributed by atoms with Crippen LogP contribution in [0.3, 0.4) is 0 Å². The van der Waals surface area contributed by atoms with Gasteiger partial charge in [-0.05, 0) is 32.0 Å². The molecule has 0 saturated heterocycles. The molecular formula is C12H13NO3S2. The zero-order valence-corrected chi connectivity index (χ0v) is 11.6. The van der Waals surface area contributed by atoms with Crippen molar-refractivity contribution in [2.45, 2.75) is 24.8 Å². The number of nitrogens with zero attached hydrogens (tertiary/aromatic N) is 1. The van der Waals surface area contributed by atoms with Crippen LogP contribution in [0.15, 0.2) is 29.2 Å². The Labute approximate surface area is 114 Å². The molecule has 0 aliphatic carbocycles. The van der Waals surface area contributed by atoms with Crippen molar-refractivity contribution in [3.8, 4) is 11.8 Å². The standard InChI is InChI=1S/C12H13NO3S2/c1-9(13(14)10(2)17)6-7-11-4-3-5-12(8-11)18(15)16/h3-5,8-9,14H,1-2H3,(H,15,16). The number of benzene rings is 1. The molecule has 0 aromatic heterocycles. The SMILES string of the molecule is CC(=S)N(O)C(C)C#Cc1cccc(S(=O)O)c1. The summed E-state index contributed by atoms with van der Waals surface area (Å²) in [6.45, 7) is 3.31. The highest BCUT2D eigenvalue weighted by molar-refractivity contribution is 7.80. The van der Waals surface area contributed by atoms with Crippen LogP contribution in [0.5, 0.6) is 0 Å². The lowest BCUT2D eigenvalue weighted by molar-refractivity contribution is -0.0279. The lowest BCUT2D eigenvalue weighted by Gasteiger charge is -2.17. The molecule has 0 radical (unpaired) electrons. The molecule has 0 spiro atoms. The fraction of sp³-hybridized carbons (Fsp3) is 0.250. The van der Waals surface area contributed by atoms with E-state index in [4.69, 9.17) is 16.8 Å². The minimum absolute atomic E-state index is 0.293. The summed E-state index contributed by atoms with van der Waals surface area (Å²) in [5, 5.41) is 10.4. The van der Waals surface area contributed by atoms with Gasteiger partial charge >= 0.3 is 0 Å². The molecule has 2 unspecified atom stereocenters. The van der Waals surface area contributed by atoms with Crippen LogP contribution in [-0.4, -0.2) is 30.1 Å². The van der Waals surface area contributed by atoms with Gasteiger partial charge in [-0.15, -0.1) is 0 Å². The lowest BCUT2D eigenvalue weighted by atomic mass is 10.2. The van der Waals surface area contributed by atoms with Gasteiger partial charge in [0.15, 0.2) is 11.1 Å². The van der Waals surface area contributed by atoms with E-state index in [1.54, 1.807) is 32.0 Å². The third kappa shape index (κ3) is 4.20. The van der Waals surface area contributed by atoms with Crippen molar-refractivity contribution in [2.24, 2.45) is 0 Å². The predicted molar refractivity (Wildman–Crippen MR) is 73.7 cm³/mol. The van der Waals surface area contributed by atoms with Crippen molar-refractivity contribution in [3.05, 3.63) is 29.8 Å². The van der Waals surface area contributed by atoms with E-state index >= 15 is 0 Å². The molecule has 1 aromatic rings. The third-order valence-electron chi connectivity index (χ3n) is 2.15. The summed E-state index contributed by atoms with van der Waals surface area (Å²) in [4.78, 5) is 0.628. The first-order chi connectivity index (χ1) is 8.41. The van der Waals surface area contributed by atoms with Crippen molar-refractivity contribution in [2.75, 3.05) is 0 Å². The summed E-state index contributed by atoms with van der Waals surface area (Å²) >= 11 is 2.80. The predicted octanol–water partition coefficient (Wildman–Crippen LogP) is 2.05. The second kappa shape index (κ2) is 6.61. The van der Waals surface area contributed by atoms with Crippen LogP contribution in [0.4, 0.5) is 0 Å². The second-order valence-corrected chi connectivity index (χ2v) is 5.15. The van der Waals surface area contributed by atoms with Gasteiger partial charge in [-0.25, -0.2) is 9.27 Å². The molecule has 18 heavy (non-hydrogen) atoms. The molecule has 0 aliphatic heterocycles. The molecule has 2 N–H and O–H groups in total. The number of thiocarbonyl (C=S) groups is 1.